The van der Waals surface area contributed by atoms with Gasteiger partial charge in [-0.15, -0.1) is 26.6 Å². The van der Waals surface area contributed by atoms with E-state index in [9.17, 15) is 4.79 Å². The van der Waals surface area contributed by atoms with E-state index in [4.69, 9.17) is 9.47 Å². The summed E-state index contributed by atoms with van der Waals surface area (Å²) in [6, 6.07) is 15.2. The fourth-order valence-electron chi connectivity index (χ4n) is 4.37. The van der Waals surface area contributed by atoms with Crippen LogP contribution in [0.3, 0.4) is 0 Å². The third kappa shape index (κ3) is 4.16. The number of carbonyl (C=O) groups excluding carboxylic acids is 1. The molecule has 3 heterocycles. The average molecular weight is 464 g/mol. The minimum atomic E-state index is -0.388. The summed E-state index contributed by atoms with van der Waals surface area (Å²) in [6.45, 7) is 0.740. The molecule has 0 saturated heterocycles. The fourth-order valence-corrected chi connectivity index (χ4v) is 5.36. The number of nitrogens with one attached hydrogen (secondary N) is 1. The molecule has 4 aromatic rings. The molecule has 9 heteroatoms. The number of amides is 1. The highest BCUT2D eigenvalue weighted by molar-refractivity contribution is 7.10. The maximum absolute atomic E-state index is 13.1. The molecule has 1 amide bonds. The Hall–Kier alpha value is -3.46. The van der Waals surface area contributed by atoms with E-state index in [-0.39, 0.29) is 11.3 Å². The predicted octanol–water partition coefficient (Wildman–Crippen LogP) is 3.87. The van der Waals surface area contributed by atoms with Crippen molar-refractivity contribution in [3.63, 3.8) is 0 Å². The Balaban J connectivity index is 1.23. The second-order valence-electron chi connectivity index (χ2n) is 8.06. The maximum Gasteiger partial charge on any atom is 0.231 e. The van der Waals surface area contributed by atoms with E-state index < -0.39 is 0 Å². The lowest BCUT2D eigenvalue weighted by Gasteiger charge is -2.26. The van der Waals surface area contributed by atoms with Crippen LogP contribution >= 0.6 is 11.3 Å². The number of fused-ring (bicyclic) bond motifs is 1. The number of rotatable bonds is 8. The maximum atomic E-state index is 13.1. The lowest BCUT2D eigenvalue weighted by atomic mass is 9.83. The summed E-state index contributed by atoms with van der Waals surface area (Å²) in [5.74, 6) is 1.92. The molecule has 170 valence electrons. The summed E-state index contributed by atoms with van der Waals surface area (Å²) in [6.07, 6.45) is 3.98. The van der Waals surface area contributed by atoms with Crippen LogP contribution in [0.5, 0.6) is 11.6 Å². The second kappa shape index (κ2) is 9.19. The Morgan fingerprint density at radius 3 is 2.67 bits per heavy atom. The number of methoxy groups -OCH3 is 1. The number of aromatic nitrogens is 4. The second-order valence-corrected chi connectivity index (χ2v) is 9.01. The van der Waals surface area contributed by atoms with Crippen molar-refractivity contribution in [2.75, 3.05) is 20.3 Å². The smallest absolute Gasteiger partial charge is 0.231 e. The van der Waals surface area contributed by atoms with Crippen LogP contribution in [0.25, 0.3) is 17.0 Å². The first-order valence-electron chi connectivity index (χ1n) is 11.0. The van der Waals surface area contributed by atoms with E-state index in [1.54, 1.807) is 29.0 Å². The topological polar surface area (TPSA) is 90.6 Å². The van der Waals surface area contributed by atoms with E-state index in [1.165, 1.54) is 0 Å². The van der Waals surface area contributed by atoms with Gasteiger partial charge >= 0.3 is 0 Å². The third-order valence-corrected chi connectivity index (χ3v) is 7.18. The van der Waals surface area contributed by atoms with E-state index in [0.717, 1.165) is 41.9 Å². The van der Waals surface area contributed by atoms with Gasteiger partial charge in [-0.3, -0.25) is 4.79 Å². The van der Waals surface area contributed by atoms with Gasteiger partial charge < -0.3 is 14.8 Å². The quantitative estimate of drug-likeness (QED) is 0.399. The highest BCUT2D eigenvalue weighted by atomic mass is 32.1. The van der Waals surface area contributed by atoms with Crippen LogP contribution in [-0.4, -0.2) is 46.0 Å². The Morgan fingerprint density at radius 1 is 1.12 bits per heavy atom. The molecule has 33 heavy (non-hydrogen) atoms. The van der Waals surface area contributed by atoms with Gasteiger partial charge in [-0.1, -0.05) is 18.9 Å². The number of hydrogen-bond acceptors (Lipinski definition) is 7. The minimum Gasteiger partial charge on any atom is -0.497 e. The van der Waals surface area contributed by atoms with Crippen LogP contribution in [0.4, 0.5) is 0 Å². The van der Waals surface area contributed by atoms with Crippen molar-refractivity contribution in [1.82, 2.24) is 25.1 Å². The van der Waals surface area contributed by atoms with Crippen LogP contribution < -0.4 is 14.8 Å². The van der Waals surface area contributed by atoms with E-state index in [0.29, 0.717) is 30.5 Å². The van der Waals surface area contributed by atoms with Gasteiger partial charge in [-0.2, -0.15) is 4.52 Å². The van der Waals surface area contributed by atoms with Gasteiger partial charge in [-0.05, 0) is 54.6 Å². The van der Waals surface area contributed by atoms with E-state index >= 15 is 0 Å². The van der Waals surface area contributed by atoms with Crippen molar-refractivity contribution in [3.8, 4) is 23.0 Å². The molecule has 1 aliphatic carbocycles. The molecular formula is C24H25N5O3S. The molecule has 1 saturated carbocycles. The first-order valence-corrected chi connectivity index (χ1v) is 11.9. The summed E-state index contributed by atoms with van der Waals surface area (Å²) >= 11 is 1.66. The summed E-state index contributed by atoms with van der Waals surface area (Å²) < 4.78 is 12.7. The van der Waals surface area contributed by atoms with Crippen LogP contribution in [0.2, 0.25) is 0 Å². The van der Waals surface area contributed by atoms with Gasteiger partial charge in [0.05, 0.1) is 19.1 Å². The summed E-state index contributed by atoms with van der Waals surface area (Å²) in [7, 11) is 1.63. The minimum absolute atomic E-state index is 0.0927. The van der Waals surface area contributed by atoms with Crippen molar-refractivity contribution < 1.29 is 14.3 Å². The first-order chi connectivity index (χ1) is 16.2. The molecule has 0 bridgehead atoms. The van der Waals surface area contributed by atoms with Crippen molar-refractivity contribution in [2.45, 2.75) is 31.1 Å². The molecule has 0 aliphatic heterocycles. The standard InChI is InChI=1S/C24H25N5O3S/c1-31-18-8-6-17(7-9-18)22-27-26-20-10-11-21(28-29(20)22)32-15-14-25-23(30)24(12-2-3-13-24)19-5-4-16-33-19/h4-11,16H,2-3,12-15H2,1H3,(H,25,30). The highest BCUT2D eigenvalue weighted by Crippen LogP contribution is 2.43. The molecule has 0 unspecified atom stereocenters. The molecule has 0 atom stereocenters. The Bertz CT molecular complexity index is 1230. The van der Waals surface area contributed by atoms with Gasteiger partial charge in [0.1, 0.15) is 12.4 Å². The molecule has 1 aromatic carbocycles. The number of carbonyl (C=O) groups is 1. The first kappa shape index (κ1) is 21.4. The zero-order valence-corrected chi connectivity index (χ0v) is 19.2. The van der Waals surface area contributed by atoms with E-state index in [2.05, 4.69) is 26.7 Å². The third-order valence-electron chi connectivity index (χ3n) is 6.11. The molecule has 1 N–H and O–H groups in total. The van der Waals surface area contributed by atoms with Gasteiger partial charge in [0, 0.05) is 16.5 Å². The number of hydrogen-bond donors (Lipinski definition) is 1. The SMILES string of the molecule is COc1ccc(-c2nnc3ccc(OCCNC(=O)C4(c5cccs5)CCCC4)nn23)cc1. The van der Waals surface area contributed by atoms with E-state index in [1.807, 2.05) is 41.8 Å². The van der Waals surface area contributed by atoms with Crippen molar-refractivity contribution in [3.05, 3.63) is 58.8 Å². The molecule has 1 fully saturated rings. The van der Waals surface area contributed by atoms with Crippen molar-refractivity contribution in [1.29, 1.82) is 0 Å². The summed E-state index contributed by atoms with van der Waals surface area (Å²) in [5.41, 5.74) is 1.11. The zero-order chi connectivity index (χ0) is 22.7. The molecular weight excluding hydrogens is 438 g/mol. The number of ether oxygens (including phenoxy) is 2. The molecule has 3 aromatic heterocycles. The molecule has 0 radical (unpaired) electrons. The molecule has 1 aliphatic rings. The number of benzene rings is 1. The lowest BCUT2D eigenvalue weighted by Crippen LogP contribution is -2.43. The van der Waals surface area contributed by atoms with Crippen LogP contribution in [-0.2, 0) is 10.2 Å². The summed E-state index contributed by atoms with van der Waals surface area (Å²) in [4.78, 5) is 14.2. The van der Waals surface area contributed by atoms with Crippen LogP contribution in [0.1, 0.15) is 30.6 Å². The largest absolute Gasteiger partial charge is 0.497 e. The van der Waals surface area contributed by atoms with Crippen LogP contribution in [0.15, 0.2) is 53.9 Å². The zero-order valence-electron chi connectivity index (χ0n) is 18.4. The monoisotopic (exact) mass is 463 g/mol. The Labute approximate surface area is 195 Å². The highest BCUT2D eigenvalue weighted by Gasteiger charge is 2.43. The molecule has 5 rings (SSSR count). The normalized spacial score (nSPS) is 14.9. The van der Waals surface area contributed by atoms with Gasteiger partial charge in [0.15, 0.2) is 11.5 Å². The fraction of sp³-hybridized carbons (Fsp3) is 0.333. The molecule has 8 nitrogen and oxygen atoms in total. The van der Waals surface area contributed by atoms with Gasteiger partial charge in [0.2, 0.25) is 11.8 Å². The average Bonchev–Trinajstić information content (AvgIpc) is 3.62. The number of nitrogens with zero attached hydrogens (tertiary/aromatic N) is 4. The Kier molecular flexibility index (Phi) is 5.95. The predicted molar refractivity (Wildman–Crippen MR) is 126 cm³/mol. The summed E-state index contributed by atoms with van der Waals surface area (Å²) in [5, 5.41) is 18.1. The number of thiophene rings is 1. The lowest BCUT2D eigenvalue weighted by molar-refractivity contribution is -0.126. The Morgan fingerprint density at radius 2 is 1.94 bits per heavy atom. The van der Waals surface area contributed by atoms with Gasteiger partial charge in [-0.25, -0.2) is 0 Å². The van der Waals surface area contributed by atoms with Crippen LogP contribution in [0, 0.1) is 0 Å². The van der Waals surface area contributed by atoms with Crippen molar-refractivity contribution in [2.24, 2.45) is 0 Å². The van der Waals surface area contributed by atoms with Crippen molar-refractivity contribution >= 4 is 22.9 Å². The molecule has 0 spiro atoms. The van der Waals surface area contributed by atoms with Gasteiger partial charge in [0.25, 0.3) is 0 Å².